The molecule has 0 spiro atoms. The van der Waals surface area contributed by atoms with Crippen molar-refractivity contribution in [1.82, 2.24) is 0 Å². The maximum absolute atomic E-state index is 10.5. The fraction of sp³-hybridized carbons (Fsp3) is 0.444. The summed E-state index contributed by atoms with van der Waals surface area (Å²) in [4.78, 5) is 11.6. The molecule has 0 fully saturated rings. The van der Waals surface area contributed by atoms with Crippen LogP contribution in [0.15, 0.2) is 17.5 Å². The van der Waals surface area contributed by atoms with Crippen molar-refractivity contribution >= 4 is 17.6 Å². The molecule has 0 amide bonds. The summed E-state index contributed by atoms with van der Waals surface area (Å²) in [5.74, 6) is 0.0139. The third-order valence-corrected chi connectivity index (χ3v) is 2.59. The van der Waals surface area contributed by atoms with Gasteiger partial charge in [0.1, 0.15) is 0 Å². The molecule has 1 unspecified atom stereocenters. The van der Waals surface area contributed by atoms with Crippen molar-refractivity contribution in [3.63, 3.8) is 0 Å². The first-order valence-electron chi connectivity index (χ1n) is 3.79. The van der Waals surface area contributed by atoms with Gasteiger partial charge in [-0.2, -0.15) is 0 Å². The van der Waals surface area contributed by atoms with Gasteiger partial charge in [0.15, 0.2) is 0 Å². The van der Waals surface area contributed by atoms with Gasteiger partial charge >= 0.3 is 0 Å². The lowest BCUT2D eigenvalue weighted by molar-refractivity contribution is 0.537. The predicted octanol–water partition coefficient (Wildman–Crippen LogP) is 2.74. The normalized spacial score (nSPS) is 12.8. The van der Waals surface area contributed by atoms with Crippen molar-refractivity contribution in [3.8, 4) is 0 Å². The minimum atomic E-state index is 0.0139. The van der Waals surface area contributed by atoms with E-state index in [0.717, 1.165) is 17.7 Å². The average molecular weight is 167 g/mol. The zero-order valence-electron chi connectivity index (χ0n) is 6.54. The lowest BCUT2D eigenvalue weighted by Gasteiger charge is -2.02. The SMILES string of the molecule is CCCC([C]=O)c1cccs1. The molecule has 2 heteroatoms. The molecule has 0 aliphatic carbocycles. The Hall–Kier alpha value is -0.630. The third kappa shape index (κ3) is 2.15. The van der Waals surface area contributed by atoms with Crippen LogP contribution >= 0.6 is 11.3 Å². The second kappa shape index (κ2) is 4.29. The highest BCUT2D eigenvalue weighted by atomic mass is 32.1. The zero-order chi connectivity index (χ0) is 8.10. The van der Waals surface area contributed by atoms with Gasteiger partial charge in [0.05, 0.1) is 5.92 Å². The van der Waals surface area contributed by atoms with Gasteiger partial charge in [-0.05, 0) is 17.9 Å². The minimum Gasteiger partial charge on any atom is -0.290 e. The summed E-state index contributed by atoms with van der Waals surface area (Å²) >= 11 is 1.63. The van der Waals surface area contributed by atoms with E-state index >= 15 is 0 Å². The van der Waals surface area contributed by atoms with Gasteiger partial charge in [-0.1, -0.05) is 19.4 Å². The predicted molar refractivity (Wildman–Crippen MR) is 47.7 cm³/mol. The van der Waals surface area contributed by atoms with Crippen molar-refractivity contribution < 1.29 is 4.79 Å². The topological polar surface area (TPSA) is 17.1 Å². The highest BCUT2D eigenvalue weighted by Gasteiger charge is 2.10. The highest BCUT2D eigenvalue weighted by Crippen LogP contribution is 2.23. The molecular formula is C9H11OS. The van der Waals surface area contributed by atoms with Crippen LogP contribution in [-0.4, -0.2) is 6.29 Å². The molecule has 0 saturated heterocycles. The van der Waals surface area contributed by atoms with Gasteiger partial charge in [-0.15, -0.1) is 11.3 Å². The summed E-state index contributed by atoms with van der Waals surface area (Å²) in [7, 11) is 0. The van der Waals surface area contributed by atoms with Crippen LogP contribution in [-0.2, 0) is 4.79 Å². The molecular weight excluding hydrogens is 156 g/mol. The van der Waals surface area contributed by atoms with Crippen molar-refractivity contribution in [2.45, 2.75) is 25.7 Å². The molecule has 1 aromatic rings. The maximum atomic E-state index is 10.5. The molecule has 1 aromatic heterocycles. The Balaban J connectivity index is 2.63. The third-order valence-electron chi connectivity index (χ3n) is 1.61. The van der Waals surface area contributed by atoms with Gasteiger partial charge < -0.3 is 0 Å². The lowest BCUT2D eigenvalue weighted by Crippen LogP contribution is -1.95. The van der Waals surface area contributed by atoms with E-state index in [2.05, 4.69) is 13.2 Å². The fourth-order valence-corrected chi connectivity index (χ4v) is 1.84. The number of hydrogen-bond acceptors (Lipinski definition) is 2. The van der Waals surface area contributed by atoms with Crippen LogP contribution in [0.5, 0.6) is 0 Å². The van der Waals surface area contributed by atoms with Crippen LogP contribution in [0.1, 0.15) is 30.6 Å². The average Bonchev–Trinajstić information content (AvgIpc) is 2.52. The van der Waals surface area contributed by atoms with Crippen LogP contribution in [0, 0.1) is 0 Å². The molecule has 0 saturated carbocycles. The Labute approximate surface area is 71.1 Å². The summed E-state index contributed by atoms with van der Waals surface area (Å²) in [5.41, 5.74) is 0. The van der Waals surface area contributed by atoms with Crippen molar-refractivity contribution in [1.29, 1.82) is 0 Å². The van der Waals surface area contributed by atoms with E-state index in [-0.39, 0.29) is 5.92 Å². The lowest BCUT2D eigenvalue weighted by atomic mass is 10.0. The molecule has 1 atom stereocenters. The Morgan fingerprint density at radius 1 is 1.73 bits per heavy atom. The van der Waals surface area contributed by atoms with E-state index in [9.17, 15) is 4.79 Å². The summed E-state index contributed by atoms with van der Waals surface area (Å²) < 4.78 is 0. The summed E-state index contributed by atoms with van der Waals surface area (Å²) in [5, 5.41) is 2.00. The van der Waals surface area contributed by atoms with E-state index in [1.54, 1.807) is 11.3 Å². The second-order valence-electron chi connectivity index (χ2n) is 2.47. The van der Waals surface area contributed by atoms with E-state index in [0.29, 0.717) is 0 Å². The largest absolute Gasteiger partial charge is 0.290 e. The molecule has 1 radical (unpaired) electrons. The molecule has 0 aliphatic rings. The maximum Gasteiger partial charge on any atom is 0.207 e. The molecule has 0 aromatic carbocycles. The zero-order valence-corrected chi connectivity index (χ0v) is 7.36. The van der Waals surface area contributed by atoms with Crippen LogP contribution in [0.3, 0.4) is 0 Å². The Bertz CT molecular complexity index is 203. The Kier molecular flexibility index (Phi) is 3.30. The number of carbonyl (C=O) groups excluding carboxylic acids is 1. The van der Waals surface area contributed by atoms with Gasteiger partial charge in [-0.3, -0.25) is 4.79 Å². The molecule has 1 rings (SSSR count). The molecule has 0 bridgehead atoms. The second-order valence-corrected chi connectivity index (χ2v) is 3.45. The standard InChI is InChI=1S/C9H11OS/c1-2-4-8(7-10)9-5-3-6-11-9/h3,5-6,8H,2,4H2,1H3. The van der Waals surface area contributed by atoms with E-state index in [4.69, 9.17) is 0 Å². The number of thiophene rings is 1. The van der Waals surface area contributed by atoms with Crippen molar-refractivity contribution in [3.05, 3.63) is 22.4 Å². The van der Waals surface area contributed by atoms with Gasteiger partial charge in [0, 0.05) is 4.88 Å². The highest BCUT2D eigenvalue weighted by molar-refractivity contribution is 7.10. The first-order chi connectivity index (χ1) is 5.38. The first-order valence-corrected chi connectivity index (χ1v) is 4.67. The van der Waals surface area contributed by atoms with E-state index in [1.165, 1.54) is 0 Å². The Morgan fingerprint density at radius 2 is 2.55 bits per heavy atom. The summed E-state index contributed by atoms with van der Waals surface area (Å²) in [6.45, 7) is 2.08. The van der Waals surface area contributed by atoms with E-state index in [1.807, 2.05) is 17.5 Å². The molecule has 1 nitrogen and oxygen atoms in total. The van der Waals surface area contributed by atoms with Crippen LogP contribution in [0.4, 0.5) is 0 Å². The minimum absolute atomic E-state index is 0.0139. The van der Waals surface area contributed by atoms with Gasteiger partial charge in [0.2, 0.25) is 6.29 Å². The smallest absolute Gasteiger partial charge is 0.207 e. The monoisotopic (exact) mass is 167 g/mol. The molecule has 11 heavy (non-hydrogen) atoms. The fourth-order valence-electron chi connectivity index (χ4n) is 1.04. The molecule has 0 N–H and O–H groups in total. The van der Waals surface area contributed by atoms with E-state index < -0.39 is 0 Å². The quantitative estimate of drug-likeness (QED) is 0.674. The number of hydrogen-bond donors (Lipinski definition) is 0. The number of rotatable bonds is 4. The van der Waals surface area contributed by atoms with Crippen LogP contribution in [0.25, 0.3) is 0 Å². The van der Waals surface area contributed by atoms with Gasteiger partial charge in [0.25, 0.3) is 0 Å². The summed E-state index contributed by atoms with van der Waals surface area (Å²) in [6.07, 6.45) is 4.03. The van der Waals surface area contributed by atoms with Crippen molar-refractivity contribution in [2.75, 3.05) is 0 Å². The van der Waals surface area contributed by atoms with Gasteiger partial charge in [-0.25, -0.2) is 0 Å². The Morgan fingerprint density at radius 3 is 3.00 bits per heavy atom. The van der Waals surface area contributed by atoms with Crippen molar-refractivity contribution in [2.24, 2.45) is 0 Å². The molecule has 59 valence electrons. The van der Waals surface area contributed by atoms with Crippen LogP contribution < -0.4 is 0 Å². The van der Waals surface area contributed by atoms with Crippen LogP contribution in [0.2, 0.25) is 0 Å². The molecule has 0 aliphatic heterocycles. The first kappa shape index (κ1) is 8.47. The summed E-state index contributed by atoms with van der Waals surface area (Å²) in [6, 6.07) is 3.97. The molecule has 1 heterocycles.